The van der Waals surface area contributed by atoms with Gasteiger partial charge in [0.1, 0.15) is 5.51 Å². The van der Waals surface area contributed by atoms with Crippen LogP contribution in [0.5, 0.6) is 0 Å². The van der Waals surface area contributed by atoms with Crippen LogP contribution in [-0.4, -0.2) is 20.7 Å². The lowest BCUT2D eigenvalue weighted by atomic mass is 10.1. The quantitative estimate of drug-likeness (QED) is 0.664. The van der Waals surface area contributed by atoms with Crippen molar-refractivity contribution in [3.8, 4) is 0 Å². The van der Waals surface area contributed by atoms with Gasteiger partial charge in [-0.05, 0) is 13.8 Å². The molecule has 3 rings (SSSR count). The van der Waals surface area contributed by atoms with Crippen molar-refractivity contribution in [1.29, 1.82) is 0 Å². The summed E-state index contributed by atoms with van der Waals surface area (Å²) in [5, 5.41) is 4.26. The molecule has 0 amide bonds. The molecule has 4 nitrogen and oxygen atoms in total. The Morgan fingerprint density at radius 3 is 3.29 bits per heavy atom. The summed E-state index contributed by atoms with van der Waals surface area (Å²) in [6, 6.07) is 0. The van der Waals surface area contributed by atoms with Crippen LogP contribution in [0.15, 0.2) is 5.51 Å². The fourth-order valence-electron chi connectivity index (χ4n) is 2.04. The highest BCUT2D eigenvalue weighted by atomic mass is 32.1. The normalized spacial score (nSPS) is 26.7. The number of fused-ring (bicyclic) bond motifs is 3. The van der Waals surface area contributed by atoms with E-state index in [1.807, 2.05) is 10.0 Å². The van der Waals surface area contributed by atoms with Crippen molar-refractivity contribution in [2.24, 2.45) is 0 Å². The first-order chi connectivity index (χ1) is 6.75. The standard InChI is InChI=1S/C9H11N3OS/c1-5-3-7-8(6(2)13-5)12-9(11-7)14-4-10-12/h4-6H,3H2,1-2H3. The third-order valence-corrected chi connectivity index (χ3v) is 3.23. The number of imidazole rings is 1. The molecule has 0 fully saturated rings. The van der Waals surface area contributed by atoms with Gasteiger partial charge in [0.2, 0.25) is 4.96 Å². The van der Waals surface area contributed by atoms with E-state index in [-0.39, 0.29) is 12.2 Å². The van der Waals surface area contributed by atoms with Crippen LogP contribution in [0.25, 0.3) is 4.96 Å². The van der Waals surface area contributed by atoms with E-state index >= 15 is 0 Å². The number of aromatic nitrogens is 3. The Morgan fingerprint density at radius 2 is 2.43 bits per heavy atom. The second-order valence-corrected chi connectivity index (χ2v) is 4.48. The van der Waals surface area contributed by atoms with E-state index in [2.05, 4.69) is 23.9 Å². The molecule has 0 saturated heterocycles. The first-order valence-electron chi connectivity index (χ1n) is 4.72. The van der Waals surface area contributed by atoms with Crippen LogP contribution < -0.4 is 0 Å². The van der Waals surface area contributed by atoms with E-state index in [0.717, 1.165) is 22.8 Å². The fourth-order valence-corrected chi connectivity index (χ4v) is 2.69. The van der Waals surface area contributed by atoms with Gasteiger partial charge in [0.05, 0.1) is 23.6 Å². The molecular formula is C9H11N3OS. The molecule has 0 saturated carbocycles. The van der Waals surface area contributed by atoms with E-state index in [1.54, 1.807) is 11.3 Å². The van der Waals surface area contributed by atoms with Crippen molar-refractivity contribution in [1.82, 2.24) is 14.6 Å². The van der Waals surface area contributed by atoms with Gasteiger partial charge in [-0.2, -0.15) is 5.10 Å². The molecule has 14 heavy (non-hydrogen) atoms. The summed E-state index contributed by atoms with van der Waals surface area (Å²) in [6.07, 6.45) is 1.27. The van der Waals surface area contributed by atoms with Crippen LogP contribution in [0.1, 0.15) is 31.3 Å². The molecule has 2 aromatic heterocycles. The van der Waals surface area contributed by atoms with Gasteiger partial charge >= 0.3 is 0 Å². The van der Waals surface area contributed by atoms with Crippen molar-refractivity contribution in [2.45, 2.75) is 32.5 Å². The van der Waals surface area contributed by atoms with Crippen molar-refractivity contribution in [3.63, 3.8) is 0 Å². The van der Waals surface area contributed by atoms with Gasteiger partial charge in [0, 0.05) is 6.42 Å². The highest BCUT2D eigenvalue weighted by Gasteiger charge is 2.27. The number of ether oxygens (including phenoxy) is 1. The molecule has 74 valence electrons. The average molecular weight is 209 g/mol. The summed E-state index contributed by atoms with van der Waals surface area (Å²) in [7, 11) is 0. The summed E-state index contributed by atoms with van der Waals surface area (Å²) < 4.78 is 7.65. The van der Waals surface area contributed by atoms with Gasteiger partial charge in [0.15, 0.2) is 0 Å². The molecular weight excluding hydrogens is 198 g/mol. The summed E-state index contributed by atoms with van der Waals surface area (Å²) in [4.78, 5) is 5.52. The second kappa shape index (κ2) is 2.77. The Morgan fingerprint density at radius 1 is 1.57 bits per heavy atom. The minimum atomic E-state index is 0.103. The zero-order valence-corrected chi connectivity index (χ0v) is 8.91. The van der Waals surface area contributed by atoms with Gasteiger partial charge < -0.3 is 4.74 Å². The van der Waals surface area contributed by atoms with E-state index < -0.39 is 0 Å². The zero-order chi connectivity index (χ0) is 9.71. The average Bonchev–Trinajstić information content (AvgIpc) is 2.60. The molecule has 0 radical (unpaired) electrons. The Kier molecular flexibility index (Phi) is 1.66. The molecule has 1 aliphatic heterocycles. The fraction of sp³-hybridized carbons (Fsp3) is 0.556. The van der Waals surface area contributed by atoms with E-state index in [0.29, 0.717) is 0 Å². The Balaban J connectivity index is 2.25. The van der Waals surface area contributed by atoms with Crippen LogP contribution in [0.4, 0.5) is 0 Å². The van der Waals surface area contributed by atoms with E-state index in [9.17, 15) is 0 Å². The maximum Gasteiger partial charge on any atom is 0.212 e. The monoisotopic (exact) mass is 209 g/mol. The minimum Gasteiger partial charge on any atom is -0.369 e. The van der Waals surface area contributed by atoms with Gasteiger partial charge in [-0.1, -0.05) is 11.3 Å². The predicted molar refractivity (Wildman–Crippen MR) is 53.5 cm³/mol. The van der Waals surface area contributed by atoms with Crippen molar-refractivity contribution < 1.29 is 4.74 Å². The van der Waals surface area contributed by atoms with Gasteiger partial charge in [-0.15, -0.1) is 0 Å². The van der Waals surface area contributed by atoms with Crippen LogP contribution in [0.2, 0.25) is 0 Å². The van der Waals surface area contributed by atoms with Crippen molar-refractivity contribution in [3.05, 3.63) is 16.9 Å². The lowest BCUT2D eigenvalue weighted by Crippen LogP contribution is -2.23. The molecule has 0 aliphatic carbocycles. The maximum absolute atomic E-state index is 5.75. The number of rotatable bonds is 0. The molecule has 3 heterocycles. The second-order valence-electron chi connectivity index (χ2n) is 3.67. The number of hydrogen-bond acceptors (Lipinski definition) is 4. The Hall–Kier alpha value is -0.940. The lowest BCUT2D eigenvalue weighted by molar-refractivity contribution is -0.00885. The zero-order valence-electron chi connectivity index (χ0n) is 8.10. The molecule has 0 aromatic carbocycles. The van der Waals surface area contributed by atoms with Crippen LogP contribution >= 0.6 is 11.3 Å². The van der Waals surface area contributed by atoms with Crippen molar-refractivity contribution >= 4 is 16.3 Å². The summed E-state index contributed by atoms with van der Waals surface area (Å²) in [6.45, 7) is 4.14. The molecule has 0 bridgehead atoms. The van der Waals surface area contributed by atoms with Crippen LogP contribution in [0, 0.1) is 0 Å². The van der Waals surface area contributed by atoms with Gasteiger partial charge in [-0.3, -0.25) is 0 Å². The summed E-state index contributed by atoms with van der Waals surface area (Å²) >= 11 is 1.57. The first kappa shape index (κ1) is 8.38. The van der Waals surface area contributed by atoms with Gasteiger partial charge in [-0.25, -0.2) is 9.50 Å². The molecule has 1 aliphatic rings. The third kappa shape index (κ3) is 1.02. The number of nitrogens with zero attached hydrogens (tertiary/aromatic N) is 3. The maximum atomic E-state index is 5.75. The highest BCUT2D eigenvalue weighted by Crippen LogP contribution is 2.30. The molecule has 0 N–H and O–H groups in total. The van der Waals surface area contributed by atoms with Crippen LogP contribution in [0.3, 0.4) is 0 Å². The van der Waals surface area contributed by atoms with E-state index in [4.69, 9.17) is 4.74 Å². The molecule has 2 atom stereocenters. The third-order valence-electron chi connectivity index (χ3n) is 2.56. The van der Waals surface area contributed by atoms with Gasteiger partial charge in [0.25, 0.3) is 0 Å². The van der Waals surface area contributed by atoms with Crippen LogP contribution in [-0.2, 0) is 11.2 Å². The molecule has 5 heteroatoms. The summed E-state index contributed by atoms with van der Waals surface area (Å²) in [5.74, 6) is 0. The largest absolute Gasteiger partial charge is 0.369 e. The number of hydrogen-bond donors (Lipinski definition) is 0. The summed E-state index contributed by atoms with van der Waals surface area (Å²) in [5.41, 5.74) is 4.09. The topological polar surface area (TPSA) is 39.4 Å². The minimum absolute atomic E-state index is 0.103. The SMILES string of the molecule is CC1Cc2nc3scnn3c2C(C)O1. The Bertz CT molecular complexity index is 475. The predicted octanol–water partition coefficient (Wildman–Crippen LogP) is 1.81. The molecule has 2 unspecified atom stereocenters. The molecule has 0 spiro atoms. The Labute approximate surface area is 85.5 Å². The lowest BCUT2D eigenvalue weighted by Gasteiger charge is -2.24. The molecule has 2 aromatic rings. The van der Waals surface area contributed by atoms with Crippen molar-refractivity contribution in [2.75, 3.05) is 0 Å². The highest BCUT2D eigenvalue weighted by molar-refractivity contribution is 7.14. The van der Waals surface area contributed by atoms with E-state index in [1.165, 1.54) is 0 Å². The first-order valence-corrected chi connectivity index (χ1v) is 5.60. The smallest absolute Gasteiger partial charge is 0.212 e.